The molecule has 3 atom stereocenters. The molecule has 0 radical (unpaired) electrons. The molecule has 2 aliphatic rings. The molecule has 0 saturated carbocycles. The van der Waals surface area contributed by atoms with Crippen molar-refractivity contribution in [2.75, 3.05) is 25.1 Å². The van der Waals surface area contributed by atoms with Gasteiger partial charge < -0.3 is 24.6 Å². The van der Waals surface area contributed by atoms with Gasteiger partial charge in [-0.05, 0) is 91.8 Å². The van der Waals surface area contributed by atoms with Crippen molar-refractivity contribution >= 4 is 29.1 Å². The molecule has 0 aliphatic carbocycles. The number of rotatable bonds is 9. The van der Waals surface area contributed by atoms with Gasteiger partial charge in [-0.1, -0.05) is 42.8 Å². The van der Waals surface area contributed by atoms with Crippen molar-refractivity contribution in [3.8, 4) is 11.5 Å². The Kier molecular flexibility index (Phi) is 9.62. The van der Waals surface area contributed by atoms with Crippen molar-refractivity contribution in [1.29, 1.82) is 0 Å². The lowest BCUT2D eigenvalue weighted by atomic mass is 9.86. The second-order valence-electron chi connectivity index (χ2n) is 11.7. The van der Waals surface area contributed by atoms with Gasteiger partial charge in [-0.3, -0.25) is 9.59 Å². The smallest absolute Gasteiger partial charge is 0.232 e. The SMILES string of the molecule is CCC(C)Oc1cc2c(cc1OC)CC(=O)N(c1ccc(C(C)NC3CCN(C(C)=O)CC3)cc1)C2c1ccc(Cl)cc1. The molecule has 2 aliphatic heterocycles. The maximum absolute atomic E-state index is 13.9. The lowest BCUT2D eigenvalue weighted by molar-refractivity contribution is -0.130. The fourth-order valence-electron chi connectivity index (χ4n) is 6.11. The highest BCUT2D eigenvalue weighted by Gasteiger charge is 2.36. The molecular formula is C35H42ClN3O4. The van der Waals surface area contributed by atoms with E-state index < -0.39 is 0 Å². The summed E-state index contributed by atoms with van der Waals surface area (Å²) in [5, 5.41) is 4.38. The van der Waals surface area contributed by atoms with Gasteiger partial charge in [-0.15, -0.1) is 0 Å². The number of ether oxygens (including phenoxy) is 2. The van der Waals surface area contributed by atoms with E-state index in [0.717, 1.165) is 60.3 Å². The number of piperidine rings is 1. The molecule has 3 aromatic carbocycles. The average molecular weight is 604 g/mol. The molecule has 228 valence electrons. The maximum atomic E-state index is 13.9. The van der Waals surface area contributed by atoms with Crippen molar-refractivity contribution in [1.82, 2.24) is 10.2 Å². The predicted octanol–water partition coefficient (Wildman–Crippen LogP) is 6.87. The second kappa shape index (κ2) is 13.4. The van der Waals surface area contributed by atoms with Crippen molar-refractivity contribution in [2.45, 2.75) is 77.6 Å². The molecule has 43 heavy (non-hydrogen) atoms. The molecule has 1 saturated heterocycles. The topological polar surface area (TPSA) is 71.1 Å². The van der Waals surface area contributed by atoms with Crippen LogP contribution >= 0.6 is 11.6 Å². The third-order valence-electron chi connectivity index (χ3n) is 8.77. The molecule has 5 rings (SSSR count). The Morgan fingerprint density at radius 2 is 1.70 bits per heavy atom. The summed E-state index contributed by atoms with van der Waals surface area (Å²) in [6, 6.07) is 20.1. The standard InChI is InChI=1S/C35H42ClN3O4/c1-6-22(2)43-33-21-31-27(19-32(33)42-5)20-34(41)39(35(31)26-7-11-28(36)12-8-26)30-13-9-25(10-14-30)23(3)37-29-15-17-38(18-16-29)24(4)40/h7-14,19,21-23,29,35,37H,6,15-18,20H2,1-5H3. The number of carbonyl (C=O) groups excluding carboxylic acids is 2. The highest BCUT2D eigenvalue weighted by atomic mass is 35.5. The Bertz CT molecular complexity index is 1430. The fraction of sp³-hybridized carbons (Fsp3) is 0.429. The second-order valence-corrected chi connectivity index (χ2v) is 12.1. The van der Waals surface area contributed by atoms with Crippen molar-refractivity contribution in [3.63, 3.8) is 0 Å². The quantitative estimate of drug-likeness (QED) is 0.289. The van der Waals surface area contributed by atoms with E-state index in [2.05, 4.69) is 31.3 Å². The Hall–Kier alpha value is -3.55. The van der Waals surface area contributed by atoms with E-state index in [-0.39, 0.29) is 36.4 Å². The minimum absolute atomic E-state index is 0.0150. The molecule has 0 aromatic heterocycles. The minimum Gasteiger partial charge on any atom is -0.493 e. The van der Waals surface area contributed by atoms with Gasteiger partial charge in [-0.25, -0.2) is 0 Å². The van der Waals surface area contributed by atoms with E-state index in [9.17, 15) is 9.59 Å². The van der Waals surface area contributed by atoms with Crippen LogP contribution in [0.4, 0.5) is 5.69 Å². The molecular weight excluding hydrogens is 562 g/mol. The van der Waals surface area contributed by atoms with Crippen LogP contribution in [0.3, 0.4) is 0 Å². The summed E-state index contributed by atoms with van der Waals surface area (Å²) in [4.78, 5) is 29.4. The Morgan fingerprint density at radius 1 is 1.02 bits per heavy atom. The molecule has 0 spiro atoms. The summed E-state index contributed by atoms with van der Waals surface area (Å²) in [6.45, 7) is 9.51. The van der Waals surface area contributed by atoms with Gasteiger partial charge in [0.25, 0.3) is 0 Å². The van der Waals surface area contributed by atoms with Crippen LogP contribution in [0.2, 0.25) is 5.02 Å². The van der Waals surface area contributed by atoms with Gasteiger partial charge in [-0.2, -0.15) is 0 Å². The molecule has 1 N–H and O–H groups in total. The molecule has 0 bridgehead atoms. The number of nitrogens with one attached hydrogen (secondary N) is 1. The van der Waals surface area contributed by atoms with Crippen LogP contribution in [-0.2, 0) is 16.0 Å². The number of hydrogen-bond donors (Lipinski definition) is 1. The van der Waals surface area contributed by atoms with Crippen LogP contribution in [0.25, 0.3) is 0 Å². The normalized spacial score (nSPS) is 18.7. The third-order valence-corrected chi connectivity index (χ3v) is 9.03. The lowest BCUT2D eigenvalue weighted by Gasteiger charge is -2.38. The highest BCUT2D eigenvalue weighted by molar-refractivity contribution is 6.30. The Balaban J connectivity index is 1.45. The molecule has 1 fully saturated rings. The first kappa shape index (κ1) is 30.9. The monoisotopic (exact) mass is 603 g/mol. The lowest BCUT2D eigenvalue weighted by Crippen LogP contribution is -2.44. The van der Waals surface area contributed by atoms with Crippen molar-refractivity contribution < 1.29 is 19.1 Å². The number of amides is 2. The van der Waals surface area contributed by atoms with Gasteiger partial charge >= 0.3 is 0 Å². The van der Waals surface area contributed by atoms with Crippen LogP contribution in [-0.4, -0.2) is 49.1 Å². The molecule has 2 heterocycles. The fourth-order valence-corrected chi connectivity index (χ4v) is 6.24. The zero-order chi connectivity index (χ0) is 30.7. The van der Waals surface area contributed by atoms with Gasteiger partial charge in [0, 0.05) is 42.8 Å². The summed E-state index contributed by atoms with van der Waals surface area (Å²) < 4.78 is 11.9. The van der Waals surface area contributed by atoms with Gasteiger partial charge in [0.1, 0.15) is 0 Å². The predicted molar refractivity (Wildman–Crippen MR) is 171 cm³/mol. The van der Waals surface area contributed by atoms with Gasteiger partial charge in [0.15, 0.2) is 11.5 Å². The number of likely N-dealkylation sites (tertiary alicyclic amines) is 1. The van der Waals surface area contributed by atoms with E-state index in [1.54, 1.807) is 14.0 Å². The van der Waals surface area contributed by atoms with E-state index in [1.807, 2.05) is 65.3 Å². The zero-order valence-electron chi connectivity index (χ0n) is 25.7. The molecule has 8 heteroatoms. The Morgan fingerprint density at radius 3 is 2.30 bits per heavy atom. The third kappa shape index (κ3) is 6.84. The molecule has 2 amide bonds. The number of benzene rings is 3. The molecule has 3 aromatic rings. The van der Waals surface area contributed by atoms with Crippen molar-refractivity contribution in [3.05, 3.63) is 87.9 Å². The van der Waals surface area contributed by atoms with Crippen LogP contribution in [0, 0.1) is 0 Å². The first-order valence-corrected chi connectivity index (χ1v) is 15.6. The molecule has 3 unspecified atom stereocenters. The summed E-state index contributed by atoms with van der Waals surface area (Å²) in [6.07, 6.45) is 3.04. The van der Waals surface area contributed by atoms with Crippen LogP contribution in [0.15, 0.2) is 60.7 Å². The van der Waals surface area contributed by atoms with Crippen LogP contribution in [0.5, 0.6) is 11.5 Å². The number of methoxy groups -OCH3 is 1. The molecule has 7 nitrogen and oxygen atoms in total. The number of halogens is 1. The maximum Gasteiger partial charge on any atom is 0.232 e. The number of fused-ring (bicyclic) bond motifs is 1. The van der Waals surface area contributed by atoms with Gasteiger partial charge in [0.2, 0.25) is 11.8 Å². The summed E-state index contributed by atoms with van der Waals surface area (Å²) in [5.74, 6) is 1.47. The minimum atomic E-state index is -0.355. The number of nitrogens with zero attached hydrogens (tertiary/aromatic N) is 2. The Labute approximate surface area is 260 Å². The summed E-state index contributed by atoms with van der Waals surface area (Å²) >= 11 is 6.27. The average Bonchev–Trinajstić information content (AvgIpc) is 3.01. The zero-order valence-corrected chi connectivity index (χ0v) is 26.5. The van der Waals surface area contributed by atoms with E-state index in [4.69, 9.17) is 21.1 Å². The van der Waals surface area contributed by atoms with Crippen LogP contribution in [0.1, 0.15) is 81.3 Å². The first-order chi connectivity index (χ1) is 20.7. The van der Waals surface area contributed by atoms with Crippen molar-refractivity contribution in [2.24, 2.45) is 0 Å². The van der Waals surface area contributed by atoms with E-state index >= 15 is 0 Å². The summed E-state index contributed by atoms with van der Waals surface area (Å²) in [5.41, 5.74) is 4.90. The van der Waals surface area contributed by atoms with E-state index in [1.165, 1.54) is 0 Å². The van der Waals surface area contributed by atoms with Crippen LogP contribution < -0.4 is 19.7 Å². The largest absolute Gasteiger partial charge is 0.493 e. The van der Waals surface area contributed by atoms with Gasteiger partial charge in [0.05, 0.1) is 25.7 Å². The highest BCUT2D eigenvalue weighted by Crippen LogP contribution is 2.44. The number of anilines is 1. The number of carbonyl (C=O) groups is 2. The number of hydrogen-bond acceptors (Lipinski definition) is 5. The first-order valence-electron chi connectivity index (χ1n) is 15.2. The van der Waals surface area contributed by atoms with E-state index in [0.29, 0.717) is 22.6 Å². The summed E-state index contributed by atoms with van der Waals surface area (Å²) in [7, 11) is 1.63.